The van der Waals surface area contributed by atoms with E-state index >= 15 is 0 Å². The van der Waals surface area contributed by atoms with Gasteiger partial charge in [0, 0.05) is 16.3 Å². The van der Waals surface area contributed by atoms with Crippen molar-refractivity contribution in [2.75, 3.05) is 5.32 Å². The van der Waals surface area contributed by atoms with E-state index in [9.17, 15) is 14.4 Å². The van der Waals surface area contributed by atoms with Gasteiger partial charge in [0.25, 0.3) is 5.91 Å². The third kappa shape index (κ3) is 5.72. The van der Waals surface area contributed by atoms with Crippen LogP contribution in [0.15, 0.2) is 66.7 Å². The smallest absolute Gasteiger partial charge is 0.338 e. The molecule has 31 heavy (non-hydrogen) atoms. The number of hydrogen-bond acceptors (Lipinski definition) is 4. The second-order valence-electron chi connectivity index (χ2n) is 6.94. The molecule has 1 amide bonds. The Labute approximate surface area is 189 Å². The fourth-order valence-corrected chi connectivity index (χ4v) is 3.32. The van der Waals surface area contributed by atoms with Gasteiger partial charge in [-0.1, -0.05) is 59.1 Å². The van der Waals surface area contributed by atoms with Crippen molar-refractivity contribution in [1.82, 2.24) is 0 Å². The first-order valence-corrected chi connectivity index (χ1v) is 10.2. The van der Waals surface area contributed by atoms with Crippen LogP contribution in [0.3, 0.4) is 0 Å². The van der Waals surface area contributed by atoms with Gasteiger partial charge in [0.2, 0.25) is 5.78 Å². The normalized spacial score (nSPS) is 11.5. The van der Waals surface area contributed by atoms with Gasteiger partial charge in [-0.25, -0.2) is 4.79 Å². The topological polar surface area (TPSA) is 72.5 Å². The number of aryl methyl sites for hydroxylation is 1. The number of ether oxygens (including phenoxy) is 1. The quantitative estimate of drug-likeness (QED) is 0.366. The van der Waals surface area contributed by atoms with Gasteiger partial charge in [0.15, 0.2) is 6.10 Å². The first-order valence-electron chi connectivity index (χ1n) is 9.43. The summed E-state index contributed by atoms with van der Waals surface area (Å²) in [5, 5.41) is 3.31. The van der Waals surface area contributed by atoms with Crippen LogP contribution >= 0.6 is 23.2 Å². The SMILES string of the molecule is Cc1ccc(C(=O)[C@@H](C)OC(=O)c2cccc(NC(=O)c3ccc(Cl)cc3Cl)c2)cc1. The second kappa shape index (κ2) is 9.77. The fraction of sp³-hybridized carbons (Fsp3) is 0.125. The molecule has 5 nitrogen and oxygen atoms in total. The highest BCUT2D eigenvalue weighted by molar-refractivity contribution is 6.37. The van der Waals surface area contributed by atoms with Crippen molar-refractivity contribution in [3.05, 3.63) is 99.0 Å². The van der Waals surface area contributed by atoms with Crippen molar-refractivity contribution < 1.29 is 19.1 Å². The third-order valence-electron chi connectivity index (χ3n) is 4.52. The number of rotatable bonds is 6. The van der Waals surface area contributed by atoms with Gasteiger partial charge < -0.3 is 10.1 Å². The van der Waals surface area contributed by atoms with E-state index < -0.39 is 18.0 Å². The van der Waals surface area contributed by atoms with Crippen molar-refractivity contribution in [3.8, 4) is 0 Å². The zero-order chi connectivity index (χ0) is 22.5. The lowest BCUT2D eigenvalue weighted by atomic mass is 10.1. The monoisotopic (exact) mass is 455 g/mol. The molecule has 3 aromatic rings. The minimum absolute atomic E-state index is 0.198. The van der Waals surface area contributed by atoms with Crippen molar-refractivity contribution in [1.29, 1.82) is 0 Å². The molecule has 0 saturated heterocycles. The van der Waals surface area contributed by atoms with E-state index in [1.54, 1.807) is 30.3 Å². The van der Waals surface area contributed by atoms with E-state index in [1.165, 1.54) is 31.2 Å². The average Bonchev–Trinajstić information content (AvgIpc) is 2.73. The number of esters is 1. The van der Waals surface area contributed by atoms with Crippen molar-refractivity contribution in [2.45, 2.75) is 20.0 Å². The summed E-state index contributed by atoms with van der Waals surface area (Å²) < 4.78 is 5.32. The molecule has 0 aliphatic rings. The highest BCUT2D eigenvalue weighted by Crippen LogP contribution is 2.22. The first kappa shape index (κ1) is 22.5. The molecule has 0 aliphatic heterocycles. The number of ketones is 1. The molecule has 158 valence electrons. The summed E-state index contributed by atoms with van der Waals surface area (Å²) in [5.74, 6) is -1.42. The van der Waals surface area contributed by atoms with Crippen LogP contribution in [0.25, 0.3) is 0 Å². The number of carbonyl (C=O) groups excluding carboxylic acids is 3. The lowest BCUT2D eigenvalue weighted by molar-refractivity contribution is 0.0319. The minimum Gasteiger partial charge on any atom is -0.451 e. The molecule has 7 heteroatoms. The first-order chi connectivity index (χ1) is 14.7. The van der Waals surface area contributed by atoms with Gasteiger partial charge in [-0.2, -0.15) is 0 Å². The van der Waals surface area contributed by atoms with E-state index in [4.69, 9.17) is 27.9 Å². The average molecular weight is 456 g/mol. The van der Waals surface area contributed by atoms with E-state index in [1.807, 2.05) is 19.1 Å². The summed E-state index contributed by atoms with van der Waals surface area (Å²) in [6.07, 6.45) is -0.957. The van der Waals surface area contributed by atoms with Crippen molar-refractivity contribution in [2.24, 2.45) is 0 Å². The largest absolute Gasteiger partial charge is 0.451 e. The molecule has 0 unspecified atom stereocenters. The van der Waals surface area contributed by atoms with Gasteiger partial charge in [-0.05, 0) is 50.2 Å². The van der Waals surface area contributed by atoms with Crippen LogP contribution in [0.1, 0.15) is 43.6 Å². The summed E-state index contributed by atoms with van der Waals surface area (Å²) in [6, 6.07) is 17.8. The number of halogens is 2. The summed E-state index contributed by atoms with van der Waals surface area (Å²) in [7, 11) is 0. The predicted octanol–water partition coefficient (Wildman–Crippen LogP) is 5.98. The van der Waals surface area contributed by atoms with Gasteiger partial charge >= 0.3 is 5.97 Å². The summed E-state index contributed by atoms with van der Waals surface area (Å²) in [6.45, 7) is 3.44. The minimum atomic E-state index is -0.957. The summed E-state index contributed by atoms with van der Waals surface area (Å²) >= 11 is 11.9. The number of benzene rings is 3. The molecule has 0 fully saturated rings. The Hall–Kier alpha value is -3.15. The van der Waals surface area contributed by atoms with E-state index in [0.717, 1.165) is 5.56 Å². The van der Waals surface area contributed by atoms with Crippen LogP contribution in [-0.2, 0) is 4.74 Å². The van der Waals surface area contributed by atoms with E-state index in [2.05, 4.69) is 5.32 Å². The Bertz CT molecular complexity index is 1140. The molecule has 3 aromatic carbocycles. The zero-order valence-corrected chi connectivity index (χ0v) is 18.3. The fourth-order valence-electron chi connectivity index (χ4n) is 2.83. The maximum Gasteiger partial charge on any atom is 0.338 e. The van der Waals surface area contributed by atoms with Gasteiger partial charge in [-0.15, -0.1) is 0 Å². The van der Waals surface area contributed by atoms with Crippen LogP contribution in [0.2, 0.25) is 10.0 Å². The summed E-state index contributed by atoms with van der Waals surface area (Å²) in [5.41, 5.74) is 2.31. The highest BCUT2D eigenvalue weighted by atomic mass is 35.5. The highest BCUT2D eigenvalue weighted by Gasteiger charge is 2.21. The van der Waals surface area contributed by atoms with Crippen LogP contribution in [-0.4, -0.2) is 23.8 Å². The van der Waals surface area contributed by atoms with Crippen LogP contribution in [0.4, 0.5) is 5.69 Å². The van der Waals surface area contributed by atoms with Crippen LogP contribution in [0, 0.1) is 6.92 Å². The Morgan fingerprint density at radius 1 is 0.903 bits per heavy atom. The van der Waals surface area contributed by atoms with Crippen molar-refractivity contribution in [3.63, 3.8) is 0 Å². The molecule has 0 saturated carbocycles. The Balaban J connectivity index is 1.68. The Morgan fingerprint density at radius 3 is 2.29 bits per heavy atom. The number of Topliss-reactive ketones (excluding diaryl/α,β-unsaturated/α-hetero) is 1. The van der Waals surface area contributed by atoms with Gasteiger partial charge in [0.1, 0.15) is 0 Å². The molecular formula is C24H19Cl2NO4. The Morgan fingerprint density at radius 2 is 1.61 bits per heavy atom. The molecule has 0 aromatic heterocycles. The van der Waals surface area contributed by atoms with E-state index in [-0.39, 0.29) is 21.9 Å². The van der Waals surface area contributed by atoms with E-state index in [0.29, 0.717) is 16.3 Å². The van der Waals surface area contributed by atoms with Crippen molar-refractivity contribution >= 4 is 46.5 Å². The van der Waals surface area contributed by atoms with Crippen LogP contribution < -0.4 is 5.32 Å². The molecule has 3 rings (SSSR count). The number of anilines is 1. The van der Waals surface area contributed by atoms with Gasteiger partial charge in [0.05, 0.1) is 16.1 Å². The lowest BCUT2D eigenvalue weighted by Crippen LogP contribution is -2.24. The molecule has 0 radical (unpaired) electrons. The molecule has 0 aliphatic carbocycles. The lowest BCUT2D eigenvalue weighted by Gasteiger charge is -2.13. The maximum absolute atomic E-state index is 12.5. The van der Waals surface area contributed by atoms with Gasteiger partial charge in [-0.3, -0.25) is 9.59 Å². The molecule has 1 atom stereocenters. The maximum atomic E-state index is 12.5. The zero-order valence-electron chi connectivity index (χ0n) is 16.8. The third-order valence-corrected chi connectivity index (χ3v) is 5.07. The molecule has 0 bridgehead atoms. The number of nitrogens with one attached hydrogen (secondary N) is 1. The molecule has 0 heterocycles. The Kier molecular flexibility index (Phi) is 7.10. The summed E-state index contributed by atoms with van der Waals surface area (Å²) in [4.78, 5) is 37.5. The molecular weight excluding hydrogens is 437 g/mol. The molecule has 1 N–H and O–H groups in total. The van der Waals surface area contributed by atoms with Crippen LogP contribution in [0.5, 0.6) is 0 Å². The standard InChI is InChI=1S/C24H19Cl2NO4/c1-14-6-8-16(9-7-14)22(28)15(2)31-24(30)17-4-3-5-19(12-17)27-23(29)20-11-10-18(25)13-21(20)26/h3-13,15H,1-2H3,(H,27,29)/t15-/m1/s1. The molecule has 0 spiro atoms. The second-order valence-corrected chi connectivity index (χ2v) is 7.78. The predicted molar refractivity (Wildman–Crippen MR) is 121 cm³/mol. The number of hydrogen-bond donors (Lipinski definition) is 1. The number of carbonyl (C=O) groups is 3. The number of amides is 1.